The topological polar surface area (TPSA) is 66.5 Å². The van der Waals surface area contributed by atoms with Gasteiger partial charge in [0.25, 0.3) is 10.0 Å². The lowest BCUT2D eigenvalue weighted by atomic mass is 9.97. The number of hydrogen-bond acceptors (Lipinski definition) is 4. The Morgan fingerprint density at radius 2 is 1.92 bits per heavy atom. The number of piperidine rings is 1. The number of carbonyl (C=O) groups is 1. The number of hydrogen-bond donors (Lipinski definition) is 1. The van der Waals surface area contributed by atoms with Crippen LogP contribution in [0, 0.1) is 5.92 Å². The number of benzene rings is 1. The molecule has 0 aliphatic carbocycles. The standard InChI is InChI=1S/C19H24N2O3S2/c1-14(2)16-5-3-6-17(13-16)20-19(22)15-8-10-21(11-9-15)26(23,24)18-7-4-12-25-18/h3-7,12-15H,8-11H2,1-2H3,(H,20,22). The summed E-state index contributed by atoms with van der Waals surface area (Å²) >= 11 is 1.23. The van der Waals surface area contributed by atoms with Crippen LogP contribution in [0.2, 0.25) is 0 Å². The van der Waals surface area contributed by atoms with Crippen molar-refractivity contribution in [2.24, 2.45) is 5.92 Å². The Balaban J connectivity index is 1.60. The van der Waals surface area contributed by atoms with Crippen LogP contribution in [0.15, 0.2) is 46.0 Å². The summed E-state index contributed by atoms with van der Waals surface area (Å²) in [6.07, 6.45) is 1.08. The van der Waals surface area contributed by atoms with E-state index in [0.29, 0.717) is 36.1 Å². The van der Waals surface area contributed by atoms with Crippen LogP contribution in [0.1, 0.15) is 38.2 Å². The minimum atomic E-state index is -3.42. The third-order valence-corrected chi connectivity index (χ3v) is 8.01. The maximum Gasteiger partial charge on any atom is 0.252 e. The zero-order valence-electron chi connectivity index (χ0n) is 15.0. The summed E-state index contributed by atoms with van der Waals surface area (Å²) in [5.41, 5.74) is 1.98. The molecule has 5 nitrogen and oxygen atoms in total. The van der Waals surface area contributed by atoms with Crippen molar-refractivity contribution >= 4 is 33.0 Å². The molecule has 26 heavy (non-hydrogen) atoms. The zero-order chi connectivity index (χ0) is 18.7. The first-order valence-corrected chi connectivity index (χ1v) is 11.1. The van der Waals surface area contributed by atoms with Gasteiger partial charge >= 0.3 is 0 Å². The van der Waals surface area contributed by atoms with Crippen molar-refractivity contribution in [3.05, 3.63) is 47.3 Å². The molecule has 0 radical (unpaired) electrons. The summed E-state index contributed by atoms with van der Waals surface area (Å²) in [4.78, 5) is 12.6. The summed E-state index contributed by atoms with van der Waals surface area (Å²) in [5.74, 6) is 0.212. The van der Waals surface area contributed by atoms with E-state index in [1.165, 1.54) is 21.2 Å². The van der Waals surface area contributed by atoms with E-state index in [0.717, 1.165) is 5.69 Å². The molecule has 1 fully saturated rings. The Labute approximate surface area is 159 Å². The number of nitrogens with one attached hydrogen (secondary N) is 1. The van der Waals surface area contributed by atoms with Crippen LogP contribution in [0.5, 0.6) is 0 Å². The third kappa shape index (κ3) is 4.16. The fraction of sp³-hybridized carbons (Fsp3) is 0.421. The van der Waals surface area contributed by atoms with Crippen molar-refractivity contribution in [1.29, 1.82) is 0 Å². The van der Waals surface area contributed by atoms with Crippen LogP contribution in [0.3, 0.4) is 0 Å². The molecular formula is C19H24N2O3S2. The molecule has 2 heterocycles. The molecule has 0 bridgehead atoms. The van der Waals surface area contributed by atoms with E-state index in [2.05, 4.69) is 19.2 Å². The van der Waals surface area contributed by atoms with E-state index in [-0.39, 0.29) is 11.8 Å². The molecule has 0 atom stereocenters. The number of carbonyl (C=O) groups excluding carboxylic acids is 1. The second-order valence-electron chi connectivity index (χ2n) is 6.88. The van der Waals surface area contributed by atoms with Crippen LogP contribution in [-0.4, -0.2) is 31.7 Å². The lowest BCUT2D eigenvalue weighted by Crippen LogP contribution is -2.41. The number of thiophene rings is 1. The monoisotopic (exact) mass is 392 g/mol. The Morgan fingerprint density at radius 1 is 1.19 bits per heavy atom. The van der Waals surface area contributed by atoms with Gasteiger partial charge in [-0.15, -0.1) is 11.3 Å². The summed E-state index contributed by atoms with van der Waals surface area (Å²) in [6, 6.07) is 11.2. The number of anilines is 1. The molecule has 3 rings (SSSR count). The molecular weight excluding hydrogens is 368 g/mol. The van der Waals surface area contributed by atoms with Gasteiger partial charge in [-0.25, -0.2) is 8.42 Å². The summed E-state index contributed by atoms with van der Waals surface area (Å²) < 4.78 is 27.0. The van der Waals surface area contributed by atoms with Crippen LogP contribution >= 0.6 is 11.3 Å². The molecule has 0 spiro atoms. The molecule has 1 amide bonds. The highest BCUT2D eigenvalue weighted by Gasteiger charge is 2.32. The molecule has 1 N–H and O–H groups in total. The normalized spacial score (nSPS) is 16.7. The Hall–Kier alpha value is -1.70. The Bertz CT molecular complexity index is 853. The van der Waals surface area contributed by atoms with Gasteiger partial charge in [-0.2, -0.15) is 4.31 Å². The number of amides is 1. The molecule has 1 aromatic carbocycles. The molecule has 1 aliphatic rings. The van der Waals surface area contributed by atoms with E-state index in [4.69, 9.17) is 0 Å². The zero-order valence-corrected chi connectivity index (χ0v) is 16.6. The largest absolute Gasteiger partial charge is 0.326 e. The van der Waals surface area contributed by atoms with Crippen LogP contribution in [0.25, 0.3) is 0 Å². The highest BCUT2D eigenvalue weighted by Crippen LogP contribution is 2.27. The maximum atomic E-state index is 12.6. The van der Waals surface area contributed by atoms with Crippen molar-refractivity contribution in [3.8, 4) is 0 Å². The van der Waals surface area contributed by atoms with Crippen LogP contribution in [-0.2, 0) is 14.8 Å². The fourth-order valence-electron chi connectivity index (χ4n) is 3.12. The summed E-state index contributed by atoms with van der Waals surface area (Å²) in [5, 5.41) is 4.75. The first-order valence-electron chi connectivity index (χ1n) is 8.82. The highest BCUT2D eigenvalue weighted by atomic mass is 32.2. The maximum absolute atomic E-state index is 12.6. The average Bonchev–Trinajstić information content (AvgIpc) is 3.17. The summed E-state index contributed by atoms with van der Waals surface area (Å²) in [6.45, 7) is 4.99. The molecule has 7 heteroatoms. The van der Waals surface area contributed by atoms with Gasteiger partial charge < -0.3 is 5.32 Å². The molecule has 140 valence electrons. The number of sulfonamides is 1. The predicted octanol–water partition coefficient (Wildman–Crippen LogP) is 3.91. The minimum absolute atomic E-state index is 0.0286. The van der Waals surface area contributed by atoms with Crippen molar-refractivity contribution in [2.45, 2.75) is 36.8 Å². The van der Waals surface area contributed by atoms with Crippen LogP contribution in [0.4, 0.5) is 5.69 Å². The molecule has 0 unspecified atom stereocenters. The molecule has 1 saturated heterocycles. The van der Waals surface area contributed by atoms with E-state index in [1.807, 2.05) is 24.3 Å². The Morgan fingerprint density at radius 3 is 2.54 bits per heavy atom. The SMILES string of the molecule is CC(C)c1cccc(NC(=O)C2CCN(S(=O)(=O)c3cccs3)CC2)c1. The lowest BCUT2D eigenvalue weighted by Gasteiger charge is -2.30. The van der Waals surface area contributed by atoms with Gasteiger partial charge in [0, 0.05) is 24.7 Å². The fourth-order valence-corrected chi connectivity index (χ4v) is 5.73. The van der Waals surface area contributed by atoms with Gasteiger partial charge in [0.05, 0.1) is 0 Å². The number of nitrogens with zero attached hydrogens (tertiary/aromatic N) is 1. The predicted molar refractivity (Wildman–Crippen MR) is 105 cm³/mol. The molecule has 2 aromatic rings. The quantitative estimate of drug-likeness (QED) is 0.839. The lowest BCUT2D eigenvalue weighted by molar-refractivity contribution is -0.120. The number of rotatable bonds is 5. The van der Waals surface area contributed by atoms with E-state index in [9.17, 15) is 13.2 Å². The highest BCUT2D eigenvalue weighted by molar-refractivity contribution is 7.91. The van der Waals surface area contributed by atoms with Crippen molar-refractivity contribution in [3.63, 3.8) is 0 Å². The van der Waals surface area contributed by atoms with Gasteiger partial charge in [-0.1, -0.05) is 32.0 Å². The smallest absolute Gasteiger partial charge is 0.252 e. The second kappa shape index (κ2) is 7.90. The van der Waals surface area contributed by atoms with Gasteiger partial charge in [0.2, 0.25) is 5.91 Å². The first-order chi connectivity index (χ1) is 12.4. The molecule has 0 saturated carbocycles. The van der Waals surface area contributed by atoms with Gasteiger partial charge in [-0.05, 0) is 47.9 Å². The van der Waals surface area contributed by atoms with Gasteiger partial charge in [0.1, 0.15) is 4.21 Å². The van der Waals surface area contributed by atoms with Crippen molar-refractivity contribution in [2.75, 3.05) is 18.4 Å². The molecule has 1 aliphatic heterocycles. The summed E-state index contributed by atoms with van der Waals surface area (Å²) in [7, 11) is -3.42. The minimum Gasteiger partial charge on any atom is -0.326 e. The van der Waals surface area contributed by atoms with E-state index in [1.54, 1.807) is 17.5 Å². The van der Waals surface area contributed by atoms with E-state index >= 15 is 0 Å². The van der Waals surface area contributed by atoms with Crippen molar-refractivity contribution in [1.82, 2.24) is 4.31 Å². The van der Waals surface area contributed by atoms with Gasteiger partial charge in [0.15, 0.2) is 0 Å². The van der Waals surface area contributed by atoms with Crippen LogP contribution < -0.4 is 5.32 Å². The molecule has 1 aromatic heterocycles. The second-order valence-corrected chi connectivity index (χ2v) is 9.99. The Kier molecular flexibility index (Phi) is 5.79. The first kappa shape index (κ1) is 19.1. The van der Waals surface area contributed by atoms with Crippen molar-refractivity contribution < 1.29 is 13.2 Å². The van der Waals surface area contributed by atoms with Gasteiger partial charge in [-0.3, -0.25) is 4.79 Å². The van der Waals surface area contributed by atoms with E-state index < -0.39 is 10.0 Å². The third-order valence-electron chi connectivity index (χ3n) is 4.73. The average molecular weight is 393 g/mol.